The smallest absolute Gasteiger partial charge is 0.257 e. The second kappa shape index (κ2) is 6.21. The summed E-state index contributed by atoms with van der Waals surface area (Å²) in [4.78, 5) is 20.0. The van der Waals surface area contributed by atoms with Crippen LogP contribution in [-0.4, -0.2) is 28.1 Å². The molecule has 0 aliphatic rings. The standard InChI is InChI=1S/C14H17N5O/c1-9(2)13(15)14(20)19-18-8-10-3-4-11-12(7-10)17-6-5-16-11/h3-9,13H,15H2,1-2H3,(H,19,20)/t13-/m1/s1. The van der Waals surface area contributed by atoms with Crippen LogP contribution in [0.1, 0.15) is 19.4 Å². The molecule has 0 bridgehead atoms. The summed E-state index contributed by atoms with van der Waals surface area (Å²) in [6.07, 6.45) is 4.83. The maximum atomic E-state index is 11.6. The Kier molecular flexibility index (Phi) is 4.37. The number of carbonyl (C=O) groups is 1. The molecule has 2 rings (SSSR count). The normalized spacial score (nSPS) is 13.0. The van der Waals surface area contributed by atoms with Gasteiger partial charge in [-0.15, -0.1) is 0 Å². The summed E-state index contributed by atoms with van der Waals surface area (Å²) < 4.78 is 0. The number of fused-ring (bicyclic) bond motifs is 1. The van der Waals surface area contributed by atoms with Gasteiger partial charge < -0.3 is 5.73 Å². The molecule has 1 atom stereocenters. The highest BCUT2D eigenvalue weighted by atomic mass is 16.2. The number of rotatable bonds is 4. The molecule has 1 amide bonds. The highest BCUT2D eigenvalue weighted by Crippen LogP contribution is 2.09. The van der Waals surface area contributed by atoms with Crippen molar-refractivity contribution < 1.29 is 4.79 Å². The van der Waals surface area contributed by atoms with Crippen molar-refractivity contribution in [3.8, 4) is 0 Å². The first-order chi connectivity index (χ1) is 9.58. The number of nitrogens with two attached hydrogens (primary N) is 1. The summed E-state index contributed by atoms with van der Waals surface area (Å²) in [5.74, 6) is -0.224. The van der Waals surface area contributed by atoms with E-state index in [1.54, 1.807) is 18.6 Å². The number of aromatic nitrogens is 2. The van der Waals surface area contributed by atoms with Gasteiger partial charge in [-0.2, -0.15) is 5.10 Å². The molecule has 1 aromatic heterocycles. The topological polar surface area (TPSA) is 93.3 Å². The van der Waals surface area contributed by atoms with Gasteiger partial charge in [0.15, 0.2) is 0 Å². The van der Waals surface area contributed by atoms with Gasteiger partial charge in [0.25, 0.3) is 5.91 Å². The molecule has 0 spiro atoms. The first kappa shape index (κ1) is 14.1. The van der Waals surface area contributed by atoms with E-state index in [1.165, 1.54) is 0 Å². The fourth-order valence-electron chi connectivity index (χ4n) is 1.61. The lowest BCUT2D eigenvalue weighted by Crippen LogP contribution is -2.42. The van der Waals surface area contributed by atoms with E-state index in [0.717, 1.165) is 16.6 Å². The Bertz CT molecular complexity index is 638. The molecule has 20 heavy (non-hydrogen) atoms. The molecule has 1 heterocycles. The zero-order valence-electron chi connectivity index (χ0n) is 11.4. The Morgan fingerprint density at radius 2 is 2.00 bits per heavy atom. The third-order valence-corrected chi connectivity index (χ3v) is 2.90. The third kappa shape index (κ3) is 3.36. The second-order valence-corrected chi connectivity index (χ2v) is 4.81. The molecule has 104 valence electrons. The molecule has 2 aromatic rings. The lowest BCUT2D eigenvalue weighted by Gasteiger charge is -2.12. The van der Waals surface area contributed by atoms with Gasteiger partial charge in [-0.1, -0.05) is 19.9 Å². The molecular formula is C14H17N5O. The van der Waals surface area contributed by atoms with Gasteiger partial charge in [-0.05, 0) is 23.6 Å². The van der Waals surface area contributed by atoms with Gasteiger partial charge in [0.05, 0.1) is 23.3 Å². The lowest BCUT2D eigenvalue weighted by atomic mass is 10.1. The number of nitrogens with one attached hydrogen (secondary N) is 1. The van der Waals surface area contributed by atoms with Crippen LogP contribution in [0.4, 0.5) is 0 Å². The van der Waals surface area contributed by atoms with Gasteiger partial charge in [0, 0.05) is 12.4 Å². The minimum atomic E-state index is -0.561. The molecule has 0 unspecified atom stereocenters. The van der Waals surface area contributed by atoms with Crippen molar-refractivity contribution >= 4 is 23.2 Å². The number of hydrazone groups is 1. The minimum Gasteiger partial charge on any atom is -0.320 e. The Morgan fingerprint density at radius 1 is 1.30 bits per heavy atom. The average Bonchev–Trinajstić information content (AvgIpc) is 2.46. The lowest BCUT2D eigenvalue weighted by molar-refractivity contribution is -0.123. The molecule has 6 heteroatoms. The molecular weight excluding hydrogens is 254 g/mol. The molecule has 6 nitrogen and oxygen atoms in total. The first-order valence-electron chi connectivity index (χ1n) is 6.37. The number of hydrogen-bond acceptors (Lipinski definition) is 5. The molecule has 0 saturated carbocycles. The molecule has 1 aromatic carbocycles. The van der Waals surface area contributed by atoms with E-state index < -0.39 is 6.04 Å². The van der Waals surface area contributed by atoms with E-state index in [0.29, 0.717) is 0 Å². The summed E-state index contributed by atoms with van der Waals surface area (Å²) in [5, 5.41) is 3.90. The zero-order chi connectivity index (χ0) is 14.5. The Labute approximate surface area is 117 Å². The second-order valence-electron chi connectivity index (χ2n) is 4.81. The van der Waals surface area contributed by atoms with E-state index in [1.807, 2.05) is 32.0 Å². The SMILES string of the molecule is CC(C)[C@@H](N)C(=O)NN=Cc1ccc2nccnc2c1. The van der Waals surface area contributed by atoms with Gasteiger partial charge in [-0.25, -0.2) is 5.43 Å². The van der Waals surface area contributed by atoms with Crippen molar-refractivity contribution in [2.24, 2.45) is 16.8 Å². The van der Waals surface area contributed by atoms with E-state index in [4.69, 9.17) is 5.73 Å². The van der Waals surface area contributed by atoms with Crippen LogP contribution in [0.5, 0.6) is 0 Å². The maximum Gasteiger partial charge on any atom is 0.257 e. The van der Waals surface area contributed by atoms with Crippen LogP contribution in [0.3, 0.4) is 0 Å². The van der Waals surface area contributed by atoms with Crippen LogP contribution in [0.25, 0.3) is 11.0 Å². The van der Waals surface area contributed by atoms with E-state index >= 15 is 0 Å². The van der Waals surface area contributed by atoms with Crippen LogP contribution in [0.15, 0.2) is 35.7 Å². The van der Waals surface area contributed by atoms with Crippen LogP contribution in [0, 0.1) is 5.92 Å². The highest BCUT2D eigenvalue weighted by Gasteiger charge is 2.15. The maximum absolute atomic E-state index is 11.6. The monoisotopic (exact) mass is 271 g/mol. The molecule has 0 saturated heterocycles. The average molecular weight is 271 g/mol. The van der Waals surface area contributed by atoms with Crippen molar-refractivity contribution in [2.45, 2.75) is 19.9 Å². The van der Waals surface area contributed by atoms with Crippen molar-refractivity contribution in [2.75, 3.05) is 0 Å². The van der Waals surface area contributed by atoms with Crippen LogP contribution >= 0.6 is 0 Å². The molecule has 0 fully saturated rings. The fourth-order valence-corrected chi connectivity index (χ4v) is 1.61. The van der Waals surface area contributed by atoms with Crippen molar-refractivity contribution in [1.29, 1.82) is 0 Å². The van der Waals surface area contributed by atoms with E-state index in [-0.39, 0.29) is 11.8 Å². The predicted octanol–water partition coefficient (Wildman–Crippen LogP) is 1.06. The Balaban J connectivity index is 2.04. The molecule has 0 radical (unpaired) electrons. The van der Waals surface area contributed by atoms with Crippen LogP contribution in [-0.2, 0) is 4.79 Å². The van der Waals surface area contributed by atoms with Crippen molar-refractivity contribution in [3.05, 3.63) is 36.2 Å². The highest BCUT2D eigenvalue weighted by molar-refractivity contribution is 5.88. The zero-order valence-corrected chi connectivity index (χ0v) is 11.4. The van der Waals surface area contributed by atoms with Gasteiger partial charge in [0.1, 0.15) is 0 Å². The largest absolute Gasteiger partial charge is 0.320 e. The number of nitrogens with zero attached hydrogens (tertiary/aromatic N) is 3. The summed E-state index contributed by atoms with van der Waals surface area (Å²) in [6, 6.07) is 5.00. The Morgan fingerprint density at radius 3 is 2.70 bits per heavy atom. The van der Waals surface area contributed by atoms with Gasteiger partial charge in [-0.3, -0.25) is 14.8 Å². The quantitative estimate of drug-likeness (QED) is 0.642. The fraction of sp³-hybridized carbons (Fsp3) is 0.286. The number of hydrogen-bond donors (Lipinski definition) is 2. The summed E-state index contributed by atoms with van der Waals surface area (Å²) in [7, 11) is 0. The molecule has 0 aliphatic carbocycles. The van der Waals surface area contributed by atoms with Crippen LogP contribution in [0.2, 0.25) is 0 Å². The summed E-state index contributed by atoms with van der Waals surface area (Å²) >= 11 is 0. The molecule has 3 N–H and O–H groups in total. The number of benzene rings is 1. The van der Waals surface area contributed by atoms with Gasteiger partial charge in [0.2, 0.25) is 0 Å². The van der Waals surface area contributed by atoms with Crippen molar-refractivity contribution in [3.63, 3.8) is 0 Å². The van der Waals surface area contributed by atoms with E-state index in [9.17, 15) is 4.79 Å². The number of carbonyl (C=O) groups excluding carboxylic acids is 1. The van der Waals surface area contributed by atoms with Gasteiger partial charge >= 0.3 is 0 Å². The predicted molar refractivity (Wildman–Crippen MR) is 78.1 cm³/mol. The molecule has 0 aliphatic heterocycles. The first-order valence-corrected chi connectivity index (χ1v) is 6.37. The summed E-state index contributed by atoms with van der Waals surface area (Å²) in [5.41, 5.74) is 10.6. The van der Waals surface area contributed by atoms with E-state index in [2.05, 4.69) is 20.5 Å². The van der Waals surface area contributed by atoms with Crippen molar-refractivity contribution in [1.82, 2.24) is 15.4 Å². The Hall–Kier alpha value is -2.34. The van der Waals surface area contributed by atoms with Crippen LogP contribution < -0.4 is 11.2 Å². The summed E-state index contributed by atoms with van der Waals surface area (Å²) in [6.45, 7) is 3.77. The third-order valence-electron chi connectivity index (χ3n) is 2.90. The minimum absolute atomic E-state index is 0.0705. The number of amides is 1.